The van der Waals surface area contributed by atoms with Crippen LogP contribution in [0.1, 0.15) is 17.5 Å². The zero-order chi connectivity index (χ0) is 9.54. The first-order valence-electron chi connectivity index (χ1n) is 5.44. The second-order valence-electron chi connectivity index (χ2n) is 4.48. The van der Waals surface area contributed by atoms with Gasteiger partial charge >= 0.3 is 0 Å². The molecule has 1 aliphatic heterocycles. The number of hydrogen-bond acceptors (Lipinski definition) is 2. The smallest absolute Gasteiger partial charge is 0.0316 e. The van der Waals surface area contributed by atoms with Gasteiger partial charge in [0.05, 0.1) is 0 Å². The Bertz CT molecular complexity index is 355. The molecular weight excluding hydrogens is 172 g/mol. The van der Waals surface area contributed by atoms with Crippen molar-refractivity contribution in [2.24, 2.45) is 0 Å². The number of anilines is 1. The van der Waals surface area contributed by atoms with E-state index in [-0.39, 0.29) is 0 Å². The molecule has 0 amide bonds. The maximum absolute atomic E-state index is 5.79. The van der Waals surface area contributed by atoms with Gasteiger partial charge in [0.1, 0.15) is 0 Å². The van der Waals surface area contributed by atoms with Crippen LogP contribution in [0.4, 0.5) is 5.69 Å². The van der Waals surface area contributed by atoms with E-state index in [0.717, 1.165) is 11.7 Å². The lowest BCUT2D eigenvalue weighted by Crippen LogP contribution is -2.45. The molecule has 1 aromatic carbocycles. The van der Waals surface area contributed by atoms with Gasteiger partial charge in [-0.25, -0.2) is 0 Å². The number of nitrogen functional groups attached to an aromatic ring is 1. The quantitative estimate of drug-likeness (QED) is 0.676. The Labute approximate surface area is 84.7 Å². The molecule has 2 aliphatic rings. The summed E-state index contributed by atoms with van der Waals surface area (Å²) in [5.74, 6) is 0. The first kappa shape index (κ1) is 8.30. The summed E-state index contributed by atoms with van der Waals surface area (Å²) in [6, 6.07) is 7.14. The zero-order valence-electron chi connectivity index (χ0n) is 8.37. The van der Waals surface area contributed by atoms with Crippen LogP contribution in [-0.4, -0.2) is 24.0 Å². The van der Waals surface area contributed by atoms with Crippen molar-refractivity contribution in [1.82, 2.24) is 4.90 Å². The van der Waals surface area contributed by atoms with E-state index in [1.165, 1.54) is 43.5 Å². The summed E-state index contributed by atoms with van der Waals surface area (Å²) in [5, 5.41) is 0. The zero-order valence-corrected chi connectivity index (χ0v) is 8.37. The van der Waals surface area contributed by atoms with Gasteiger partial charge in [0.25, 0.3) is 0 Å². The number of nitrogens with two attached hydrogens (primary N) is 1. The summed E-state index contributed by atoms with van der Waals surface area (Å²) >= 11 is 0. The molecule has 0 bridgehead atoms. The van der Waals surface area contributed by atoms with E-state index in [1.807, 2.05) is 6.07 Å². The second kappa shape index (κ2) is 2.99. The summed E-state index contributed by atoms with van der Waals surface area (Å²) < 4.78 is 0. The first-order chi connectivity index (χ1) is 6.83. The van der Waals surface area contributed by atoms with Crippen LogP contribution >= 0.6 is 0 Å². The third-order valence-corrected chi connectivity index (χ3v) is 3.55. The third-order valence-electron chi connectivity index (χ3n) is 3.55. The molecule has 2 nitrogen and oxygen atoms in total. The molecule has 3 rings (SSSR count). The van der Waals surface area contributed by atoms with Gasteiger partial charge in [-0.05, 0) is 55.6 Å². The lowest BCUT2D eigenvalue weighted by molar-refractivity contribution is 0.123. The number of benzene rings is 1. The summed E-state index contributed by atoms with van der Waals surface area (Å²) in [6.07, 6.45) is 3.82. The van der Waals surface area contributed by atoms with Crippen molar-refractivity contribution < 1.29 is 0 Å². The van der Waals surface area contributed by atoms with Crippen LogP contribution in [0.3, 0.4) is 0 Å². The minimum atomic E-state index is 0.764. The highest BCUT2D eigenvalue weighted by Gasteiger charge is 2.29. The molecule has 0 saturated carbocycles. The molecule has 74 valence electrons. The summed E-state index contributed by atoms with van der Waals surface area (Å²) in [6.45, 7) is 2.60. The van der Waals surface area contributed by atoms with Gasteiger partial charge in [-0.2, -0.15) is 0 Å². The van der Waals surface area contributed by atoms with E-state index in [1.54, 1.807) is 0 Å². The van der Waals surface area contributed by atoms with Crippen LogP contribution in [0.2, 0.25) is 0 Å². The number of fused-ring (bicyclic) bond motifs is 1. The topological polar surface area (TPSA) is 29.3 Å². The van der Waals surface area contributed by atoms with E-state index in [2.05, 4.69) is 17.0 Å². The maximum Gasteiger partial charge on any atom is 0.0316 e. The molecule has 1 atom stereocenters. The molecule has 0 aromatic heterocycles. The van der Waals surface area contributed by atoms with Gasteiger partial charge in [-0.1, -0.05) is 6.07 Å². The van der Waals surface area contributed by atoms with Gasteiger partial charge in [-0.15, -0.1) is 0 Å². The van der Waals surface area contributed by atoms with Crippen molar-refractivity contribution in [3.05, 3.63) is 29.3 Å². The fraction of sp³-hybridized carbons (Fsp3) is 0.500. The fourth-order valence-electron chi connectivity index (χ4n) is 2.58. The largest absolute Gasteiger partial charge is 0.399 e. The Morgan fingerprint density at radius 2 is 1.93 bits per heavy atom. The molecule has 1 saturated heterocycles. The van der Waals surface area contributed by atoms with Crippen LogP contribution in [0.25, 0.3) is 0 Å². The molecular formula is C12H16N2. The molecule has 2 N–H and O–H groups in total. The Hall–Kier alpha value is -1.02. The standard InChI is InChI=1S/C12H16N2/c13-11-3-2-9-7-12(8-10(9)6-11)14-4-1-5-14/h2-3,6,12H,1,4-5,7-8,13H2. The Kier molecular flexibility index (Phi) is 1.77. The van der Waals surface area contributed by atoms with E-state index < -0.39 is 0 Å². The molecule has 1 aliphatic carbocycles. The molecule has 2 heteroatoms. The first-order valence-corrected chi connectivity index (χ1v) is 5.44. The monoisotopic (exact) mass is 188 g/mol. The highest BCUT2D eigenvalue weighted by molar-refractivity contribution is 5.47. The normalized spacial score (nSPS) is 25.9. The highest BCUT2D eigenvalue weighted by Crippen LogP contribution is 2.29. The van der Waals surface area contributed by atoms with Crippen molar-refractivity contribution in [2.75, 3.05) is 18.8 Å². The summed E-state index contributed by atoms with van der Waals surface area (Å²) in [5.41, 5.74) is 9.68. The second-order valence-corrected chi connectivity index (χ2v) is 4.48. The van der Waals surface area contributed by atoms with Crippen LogP contribution in [0, 0.1) is 0 Å². The van der Waals surface area contributed by atoms with Crippen LogP contribution in [0.15, 0.2) is 18.2 Å². The average Bonchev–Trinajstić information content (AvgIpc) is 2.43. The predicted molar refractivity (Wildman–Crippen MR) is 58.2 cm³/mol. The van der Waals surface area contributed by atoms with Crippen LogP contribution < -0.4 is 5.73 Å². The molecule has 1 fully saturated rings. The molecule has 0 radical (unpaired) electrons. The lowest BCUT2D eigenvalue weighted by Gasteiger charge is -2.36. The number of nitrogens with zero attached hydrogens (tertiary/aromatic N) is 1. The summed E-state index contributed by atoms with van der Waals surface area (Å²) in [4.78, 5) is 2.59. The maximum atomic E-state index is 5.79. The number of hydrogen-bond donors (Lipinski definition) is 1. The number of likely N-dealkylation sites (tertiary alicyclic amines) is 1. The predicted octanol–water partition coefficient (Wildman–Crippen LogP) is 1.44. The van der Waals surface area contributed by atoms with Crippen molar-refractivity contribution in [3.8, 4) is 0 Å². The van der Waals surface area contributed by atoms with Gasteiger partial charge in [0, 0.05) is 11.7 Å². The van der Waals surface area contributed by atoms with Gasteiger partial charge in [0.2, 0.25) is 0 Å². The van der Waals surface area contributed by atoms with E-state index in [4.69, 9.17) is 5.73 Å². The Morgan fingerprint density at radius 1 is 1.14 bits per heavy atom. The SMILES string of the molecule is Nc1ccc2c(c1)CC(N1CCC1)C2. The highest BCUT2D eigenvalue weighted by atomic mass is 15.2. The van der Waals surface area contributed by atoms with Crippen molar-refractivity contribution >= 4 is 5.69 Å². The van der Waals surface area contributed by atoms with Gasteiger partial charge in [0.15, 0.2) is 0 Å². The van der Waals surface area contributed by atoms with E-state index in [9.17, 15) is 0 Å². The number of rotatable bonds is 1. The molecule has 0 spiro atoms. The Morgan fingerprint density at radius 3 is 2.64 bits per heavy atom. The fourth-order valence-corrected chi connectivity index (χ4v) is 2.58. The minimum Gasteiger partial charge on any atom is -0.399 e. The van der Waals surface area contributed by atoms with Crippen molar-refractivity contribution in [1.29, 1.82) is 0 Å². The summed E-state index contributed by atoms with van der Waals surface area (Å²) in [7, 11) is 0. The van der Waals surface area contributed by atoms with Gasteiger partial charge < -0.3 is 5.73 Å². The third kappa shape index (κ3) is 1.22. The molecule has 1 unspecified atom stereocenters. The van der Waals surface area contributed by atoms with Crippen molar-refractivity contribution in [3.63, 3.8) is 0 Å². The van der Waals surface area contributed by atoms with Gasteiger partial charge in [-0.3, -0.25) is 4.90 Å². The van der Waals surface area contributed by atoms with E-state index >= 15 is 0 Å². The minimum absolute atomic E-state index is 0.764. The average molecular weight is 188 g/mol. The molecule has 1 heterocycles. The Balaban J connectivity index is 1.82. The van der Waals surface area contributed by atoms with Crippen LogP contribution in [0.5, 0.6) is 0 Å². The van der Waals surface area contributed by atoms with E-state index in [0.29, 0.717) is 0 Å². The van der Waals surface area contributed by atoms with Crippen LogP contribution in [-0.2, 0) is 12.8 Å². The lowest BCUT2D eigenvalue weighted by atomic mass is 10.1. The van der Waals surface area contributed by atoms with Crippen molar-refractivity contribution in [2.45, 2.75) is 25.3 Å². The molecule has 14 heavy (non-hydrogen) atoms. The molecule has 1 aromatic rings.